The fourth-order valence-electron chi connectivity index (χ4n) is 2.99. The molecule has 0 bridgehead atoms. The molecule has 24 heavy (non-hydrogen) atoms. The molecule has 132 valence electrons. The highest BCUT2D eigenvalue weighted by Gasteiger charge is 2.28. The number of nitrogens with zero attached hydrogens (tertiary/aromatic N) is 4. The molecular weight excluding hydrogens is 465 g/mol. The number of fused-ring (bicyclic) bond motifs is 1. The van der Waals surface area contributed by atoms with E-state index in [4.69, 9.17) is 5.73 Å². The second-order valence-corrected chi connectivity index (χ2v) is 7.27. The Balaban J connectivity index is 0.00000208. The summed E-state index contributed by atoms with van der Waals surface area (Å²) in [6.07, 6.45) is 1.81. The molecule has 1 aromatic heterocycles. The summed E-state index contributed by atoms with van der Waals surface area (Å²) in [5.41, 5.74) is 7.14. The average molecular weight is 484 g/mol. The highest BCUT2D eigenvalue weighted by Crippen LogP contribution is 2.40. The van der Waals surface area contributed by atoms with Gasteiger partial charge in [0.25, 0.3) is 0 Å². The average Bonchev–Trinajstić information content (AvgIpc) is 2.86. The van der Waals surface area contributed by atoms with E-state index in [1.807, 2.05) is 17.6 Å². The highest BCUT2D eigenvalue weighted by atomic mass is 79.9. The van der Waals surface area contributed by atoms with Gasteiger partial charge in [0.1, 0.15) is 4.47 Å². The number of imidazole rings is 1. The lowest BCUT2D eigenvalue weighted by Gasteiger charge is -2.31. The Morgan fingerprint density at radius 2 is 2.04 bits per heavy atom. The number of benzene rings is 1. The van der Waals surface area contributed by atoms with Crippen LogP contribution in [-0.2, 0) is 6.54 Å². The van der Waals surface area contributed by atoms with E-state index in [1.165, 1.54) is 0 Å². The molecule has 2 N–H and O–H groups in total. The minimum absolute atomic E-state index is 0. The SMILES string of the molecule is CCn1c(N2CCC(N)CC2)nc2c([N+](=O)[O-])c(Br)c(Br)cc21.Cl. The standard InChI is InChI=1S/C14H17Br2N5O2.ClH/c1-2-20-10-7-9(15)11(16)13(21(22)23)12(10)18-14(20)19-5-3-8(17)4-6-19;/h7-8H,2-6,17H2,1H3;1H. The summed E-state index contributed by atoms with van der Waals surface area (Å²) in [5, 5.41) is 11.5. The van der Waals surface area contributed by atoms with Gasteiger partial charge in [0.05, 0.1) is 10.4 Å². The molecule has 0 amide bonds. The summed E-state index contributed by atoms with van der Waals surface area (Å²) in [7, 11) is 0. The van der Waals surface area contributed by atoms with E-state index in [0.29, 0.717) is 21.0 Å². The zero-order valence-electron chi connectivity index (χ0n) is 13.0. The van der Waals surface area contributed by atoms with Crippen LogP contribution in [0.4, 0.5) is 11.6 Å². The zero-order chi connectivity index (χ0) is 16.7. The van der Waals surface area contributed by atoms with Crippen LogP contribution in [-0.4, -0.2) is 33.6 Å². The summed E-state index contributed by atoms with van der Waals surface area (Å²) in [6.45, 7) is 4.35. The van der Waals surface area contributed by atoms with E-state index in [2.05, 4.69) is 41.7 Å². The summed E-state index contributed by atoms with van der Waals surface area (Å²) in [5.74, 6) is 0.780. The first-order chi connectivity index (χ1) is 10.9. The minimum atomic E-state index is -0.389. The summed E-state index contributed by atoms with van der Waals surface area (Å²) >= 11 is 6.68. The Morgan fingerprint density at radius 3 is 2.58 bits per heavy atom. The molecule has 1 aliphatic heterocycles. The normalized spacial score (nSPS) is 15.6. The van der Waals surface area contributed by atoms with Crippen molar-refractivity contribution in [2.24, 2.45) is 5.73 Å². The molecule has 10 heteroatoms. The van der Waals surface area contributed by atoms with E-state index in [0.717, 1.165) is 37.4 Å². The molecule has 1 fully saturated rings. The van der Waals surface area contributed by atoms with Crippen molar-refractivity contribution < 1.29 is 4.92 Å². The zero-order valence-corrected chi connectivity index (χ0v) is 17.0. The minimum Gasteiger partial charge on any atom is -0.342 e. The Kier molecular flexibility index (Phi) is 6.11. The van der Waals surface area contributed by atoms with Gasteiger partial charge in [-0.25, -0.2) is 4.98 Å². The lowest BCUT2D eigenvalue weighted by molar-refractivity contribution is -0.384. The maximum atomic E-state index is 11.5. The molecule has 3 rings (SSSR count). The van der Waals surface area contributed by atoms with Crippen LogP contribution in [0.15, 0.2) is 15.0 Å². The molecule has 2 aromatic rings. The number of nitrogens with two attached hydrogens (primary N) is 1. The van der Waals surface area contributed by atoms with E-state index in [1.54, 1.807) is 0 Å². The van der Waals surface area contributed by atoms with Crippen LogP contribution >= 0.6 is 44.3 Å². The highest BCUT2D eigenvalue weighted by molar-refractivity contribution is 9.13. The van der Waals surface area contributed by atoms with Crippen LogP contribution in [0.1, 0.15) is 19.8 Å². The van der Waals surface area contributed by atoms with Crippen molar-refractivity contribution in [2.45, 2.75) is 32.4 Å². The van der Waals surface area contributed by atoms with Crippen molar-refractivity contribution in [1.82, 2.24) is 9.55 Å². The van der Waals surface area contributed by atoms with Crippen LogP contribution in [0, 0.1) is 10.1 Å². The molecule has 0 spiro atoms. The molecule has 0 unspecified atom stereocenters. The molecule has 0 aliphatic carbocycles. The number of nitro groups is 1. The second-order valence-electron chi connectivity index (χ2n) is 5.63. The molecule has 1 saturated heterocycles. The number of anilines is 1. The van der Waals surface area contributed by atoms with Crippen molar-refractivity contribution in [3.63, 3.8) is 0 Å². The van der Waals surface area contributed by atoms with Crippen molar-refractivity contribution >= 4 is 66.9 Å². The number of piperidine rings is 1. The van der Waals surface area contributed by atoms with Crippen molar-refractivity contribution in [2.75, 3.05) is 18.0 Å². The van der Waals surface area contributed by atoms with Crippen LogP contribution in [0.25, 0.3) is 11.0 Å². The first-order valence-corrected chi connectivity index (χ1v) is 9.05. The van der Waals surface area contributed by atoms with Crippen molar-refractivity contribution in [3.8, 4) is 0 Å². The topological polar surface area (TPSA) is 90.2 Å². The van der Waals surface area contributed by atoms with Gasteiger partial charge in [-0.15, -0.1) is 12.4 Å². The molecule has 0 radical (unpaired) electrons. The Labute approximate surface area is 162 Å². The van der Waals surface area contributed by atoms with E-state index in [9.17, 15) is 10.1 Å². The fourth-order valence-corrected chi connectivity index (χ4v) is 3.85. The smallest absolute Gasteiger partial charge is 0.312 e. The first kappa shape index (κ1) is 19.4. The van der Waals surface area contributed by atoms with Gasteiger partial charge in [-0.1, -0.05) is 0 Å². The van der Waals surface area contributed by atoms with Crippen molar-refractivity contribution in [3.05, 3.63) is 25.1 Å². The van der Waals surface area contributed by atoms with Gasteiger partial charge in [-0.3, -0.25) is 10.1 Å². The molecule has 0 saturated carbocycles. The first-order valence-electron chi connectivity index (χ1n) is 7.47. The van der Waals surface area contributed by atoms with Gasteiger partial charge in [0.2, 0.25) is 5.95 Å². The number of aromatic nitrogens is 2. The van der Waals surface area contributed by atoms with Crippen molar-refractivity contribution in [1.29, 1.82) is 0 Å². The third-order valence-corrected chi connectivity index (χ3v) is 6.17. The third kappa shape index (κ3) is 3.26. The summed E-state index contributed by atoms with van der Waals surface area (Å²) < 4.78 is 3.10. The molecule has 7 nitrogen and oxygen atoms in total. The van der Waals surface area contributed by atoms with Gasteiger partial charge >= 0.3 is 5.69 Å². The largest absolute Gasteiger partial charge is 0.342 e. The number of hydrogen-bond acceptors (Lipinski definition) is 5. The summed E-state index contributed by atoms with van der Waals surface area (Å²) in [6, 6.07) is 2.10. The molecule has 1 aliphatic rings. The lowest BCUT2D eigenvalue weighted by Crippen LogP contribution is -2.40. The van der Waals surface area contributed by atoms with Crippen LogP contribution < -0.4 is 10.6 Å². The Hall–Kier alpha value is -0.900. The lowest BCUT2D eigenvalue weighted by atomic mass is 10.1. The van der Waals surface area contributed by atoms with Gasteiger partial charge in [0.15, 0.2) is 5.52 Å². The fraction of sp³-hybridized carbons (Fsp3) is 0.500. The van der Waals surface area contributed by atoms with Crippen LogP contribution in [0.5, 0.6) is 0 Å². The predicted molar refractivity (Wildman–Crippen MR) is 104 cm³/mol. The van der Waals surface area contributed by atoms with Gasteiger partial charge in [0, 0.05) is 30.1 Å². The third-order valence-electron chi connectivity index (χ3n) is 4.21. The number of nitro benzene ring substituents is 1. The van der Waals surface area contributed by atoms with Gasteiger partial charge in [-0.2, -0.15) is 0 Å². The quantitative estimate of drug-likeness (QED) is 0.529. The van der Waals surface area contributed by atoms with E-state index in [-0.39, 0.29) is 29.1 Å². The predicted octanol–water partition coefficient (Wildman–Crippen LogP) is 3.84. The van der Waals surface area contributed by atoms with Crippen LogP contribution in [0.2, 0.25) is 0 Å². The maximum Gasteiger partial charge on any atom is 0.312 e. The molecule has 0 atom stereocenters. The number of aryl methyl sites for hydroxylation is 1. The van der Waals surface area contributed by atoms with Gasteiger partial charge in [-0.05, 0) is 57.7 Å². The number of halogens is 3. The number of hydrogen-bond donors (Lipinski definition) is 1. The maximum absolute atomic E-state index is 11.5. The molecule has 1 aromatic carbocycles. The Bertz CT molecular complexity index is 774. The van der Waals surface area contributed by atoms with E-state index >= 15 is 0 Å². The monoisotopic (exact) mass is 481 g/mol. The number of rotatable bonds is 3. The summed E-state index contributed by atoms with van der Waals surface area (Å²) in [4.78, 5) is 17.9. The Morgan fingerprint density at radius 1 is 1.42 bits per heavy atom. The molecular formula is C14H18Br2ClN5O2. The van der Waals surface area contributed by atoms with E-state index < -0.39 is 0 Å². The molecule has 2 heterocycles. The van der Waals surface area contributed by atoms with Crippen LogP contribution in [0.3, 0.4) is 0 Å². The van der Waals surface area contributed by atoms with Gasteiger partial charge < -0.3 is 15.2 Å². The second kappa shape index (κ2) is 7.55.